The fraction of sp³-hybridized carbons (Fsp3) is 0.0800. The van der Waals surface area contributed by atoms with Crippen molar-refractivity contribution in [2.75, 3.05) is 17.7 Å². The lowest BCUT2D eigenvalue weighted by molar-refractivity contribution is -0.137. The largest absolute Gasteiger partial charge is 0.416 e. The summed E-state index contributed by atoms with van der Waals surface area (Å²) in [6, 6.07) is 11.2. The first kappa shape index (κ1) is 26.5. The normalized spacial score (nSPS) is 11.0. The number of aldehydes is 1. The highest BCUT2D eigenvalue weighted by Crippen LogP contribution is 2.32. The minimum absolute atomic E-state index is 0.0835. The van der Waals surface area contributed by atoms with Crippen LogP contribution in [-0.4, -0.2) is 38.3 Å². The minimum Gasteiger partial charge on any atom is -0.386 e. The van der Waals surface area contributed by atoms with E-state index in [0.717, 1.165) is 23.2 Å². The number of hydrogen-bond acceptors (Lipinski definition) is 7. The summed E-state index contributed by atoms with van der Waals surface area (Å²) in [5.41, 5.74) is 2.90. The van der Waals surface area contributed by atoms with Gasteiger partial charge in [-0.1, -0.05) is 11.6 Å². The highest BCUT2D eigenvalue weighted by atomic mass is 35.5. The summed E-state index contributed by atoms with van der Waals surface area (Å²) < 4.78 is 50.0. The number of halogens is 5. The van der Waals surface area contributed by atoms with E-state index in [9.17, 15) is 22.4 Å². The second-order valence-electron chi connectivity index (χ2n) is 7.68. The predicted molar refractivity (Wildman–Crippen MR) is 136 cm³/mol. The monoisotopic (exact) mass is 543 g/mol. The van der Waals surface area contributed by atoms with Crippen LogP contribution in [0, 0.1) is 5.82 Å². The van der Waals surface area contributed by atoms with Crippen LogP contribution in [0.1, 0.15) is 15.9 Å². The van der Waals surface area contributed by atoms with Crippen LogP contribution < -0.4 is 10.6 Å². The molecule has 5 rings (SSSR count). The van der Waals surface area contributed by atoms with Crippen molar-refractivity contribution in [3.63, 3.8) is 0 Å². The van der Waals surface area contributed by atoms with Gasteiger partial charge in [0.25, 0.3) is 0 Å². The molecule has 194 valence electrons. The van der Waals surface area contributed by atoms with E-state index in [1.54, 1.807) is 31.7 Å². The Morgan fingerprint density at radius 1 is 1.03 bits per heavy atom. The Balaban J connectivity index is 0.000000219. The molecule has 0 saturated heterocycles. The Hall–Kier alpha value is -4.58. The maximum Gasteiger partial charge on any atom is 0.416 e. The molecule has 0 bridgehead atoms. The van der Waals surface area contributed by atoms with E-state index in [4.69, 9.17) is 11.6 Å². The molecular formula is C25H18ClF4N7O. The number of H-pyrrole nitrogens is 1. The average molecular weight is 544 g/mol. The van der Waals surface area contributed by atoms with Crippen molar-refractivity contribution in [1.82, 2.24) is 24.9 Å². The summed E-state index contributed by atoms with van der Waals surface area (Å²) in [4.78, 5) is 30.3. The van der Waals surface area contributed by atoms with Gasteiger partial charge in [-0.25, -0.2) is 24.3 Å². The number of imidazole rings is 1. The number of fused-ring (bicyclic) bond motifs is 1. The molecule has 38 heavy (non-hydrogen) atoms. The van der Waals surface area contributed by atoms with Crippen molar-refractivity contribution in [2.24, 2.45) is 0 Å². The van der Waals surface area contributed by atoms with Crippen molar-refractivity contribution in [2.45, 2.75) is 6.18 Å². The van der Waals surface area contributed by atoms with E-state index in [2.05, 4.69) is 35.6 Å². The Kier molecular flexibility index (Phi) is 7.82. The standard InChI is InChI=1S/C17H14FN7.C8H4ClF3O/c1-19-13-7-10(4-5-12(13)18)25-16-11(3-2-6-20-16)14-15-17(23-8-21-14)24-9-22-15;9-7-2-5(4-13)1-6(3-7)8(10,11)12/h2-9,19H,1H3,(H,20,25)(H,21,22,23,24);1-4H. The number of anilines is 3. The van der Waals surface area contributed by atoms with E-state index in [-0.39, 0.29) is 16.4 Å². The van der Waals surface area contributed by atoms with Gasteiger partial charge in [-0.05, 0) is 48.5 Å². The first-order valence-electron chi connectivity index (χ1n) is 10.9. The fourth-order valence-electron chi connectivity index (χ4n) is 3.44. The van der Waals surface area contributed by atoms with Gasteiger partial charge in [0.15, 0.2) is 5.65 Å². The molecule has 5 aromatic rings. The smallest absolute Gasteiger partial charge is 0.386 e. The maximum absolute atomic E-state index is 13.7. The van der Waals surface area contributed by atoms with Crippen LogP contribution in [0.3, 0.4) is 0 Å². The summed E-state index contributed by atoms with van der Waals surface area (Å²) in [7, 11) is 1.67. The topological polar surface area (TPSA) is 108 Å². The van der Waals surface area contributed by atoms with Crippen LogP contribution in [0.5, 0.6) is 0 Å². The lowest BCUT2D eigenvalue weighted by Gasteiger charge is -2.12. The molecule has 0 atom stereocenters. The van der Waals surface area contributed by atoms with E-state index in [1.165, 1.54) is 18.5 Å². The Bertz CT molecular complexity index is 1590. The number of alkyl halides is 3. The molecule has 0 aliphatic carbocycles. The summed E-state index contributed by atoms with van der Waals surface area (Å²) in [5, 5.41) is 5.94. The van der Waals surface area contributed by atoms with Gasteiger partial charge in [-0.3, -0.25) is 4.79 Å². The molecule has 3 heterocycles. The van der Waals surface area contributed by atoms with Gasteiger partial charge in [0, 0.05) is 35.1 Å². The number of aromatic nitrogens is 5. The van der Waals surface area contributed by atoms with Gasteiger partial charge in [0.2, 0.25) is 0 Å². The molecular weight excluding hydrogens is 526 g/mol. The van der Waals surface area contributed by atoms with E-state index < -0.39 is 11.7 Å². The first-order valence-corrected chi connectivity index (χ1v) is 11.2. The van der Waals surface area contributed by atoms with Crippen LogP contribution in [0.15, 0.2) is 67.4 Å². The van der Waals surface area contributed by atoms with Gasteiger partial charge in [-0.2, -0.15) is 13.2 Å². The lowest BCUT2D eigenvalue weighted by Crippen LogP contribution is -2.05. The zero-order valence-electron chi connectivity index (χ0n) is 19.5. The van der Waals surface area contributed by atoms with Crippen molar-refractivity contribution >= 4 is 46.2 Å². The molecule has 0 unspecified atom stereocenters. The second-order valence-corrected chi connectivity index (χ2v) is 8.12. The van der Waals surface area contributed by atoms with E-state index >= 15 is 0 Å². The number of hydrogen-bond donors (Lipinski definition) is 3. The summed E-state index contributed by atoms with van der Waals surface area (Å²) in [6.45, 7) is 0. The number of aromatic amines is 1. The molecule has 8 nitrogen and oxygen atoms in total. The number of carbonyl (C=O) groups is 1. The van der Waals surface area contributed by atoms with Crippen molar-refractivity contribution in [1.29, 1.82) is 0 Å². The molecule has 3 N–H and O–H groups in total. The molecule has 0 fully saturated rings. The first-order chi connectivity index (χ1) is 18.2. The Labute approximate surface area is 218 Å². The number of rotatable bonds is 5. The third-order valence-corrected chi connectivity index (χ3v) is 5.39. The van der Waals surface area contributed by atoms with Crippen LogP contribution >= 0.6 is 11.6 Å². The number of carbonyl (C=O) groups excluding carboxylic acids is 1. The van der Waals surface area contributed by atoms with Crippen LogP contribution in [0.25, 0.3) is 22.4 Å². The highest BCUT2D eigenvalue weighted by Gasteiger charge is 2.31. The van der Waals surface area contributed by atoms with E-state index in [0.29, 0.717) is 34.8 Å². The summed E-state index contributed by atoms with van der Waals surface area (Å²) in [5.74, 6) is 0.287. The second kappa shape index (κ2) is 11.2. The van der Waals surface area contributed by atoms with Gasteiger partial charge in [0.05, 0.1) is 17.6 Å². The number of nitrogens with one attached hydrogen (secondary N) is 3. The third-order valence-electron chi connectivity index (χ3n) is 5.17. The number of benzene rings is 2. The molecule has 0 radical (unpaired) electrons. The van der Waals surface area contributed by atoms with Gasteiger partial charge in [-0.15, -0.1) is 0 Å². The van der Waals surface area contributed by atoms with Crippen molar-refractivity contribution in [3.05, 3.63) is 89.3 Å². The predicted octanol–water partition coefficient (Wildman–Crippen LogP) is 6.51. The molecule has 0 spiro atoms. The van der Waals surface area contributed by atoms with Crippen molar-refractivity contribution < 1.29 is 22.4 Å². The van der Waals surface area contributed by atoms with Gasteiger partial charge >= 0.3 is 6.18 Å². The molecule has 0 saturated carbocycles. The zero-order valence-corrected chi connectivity index (χ0v) is 20.3. The van der Waals surface area contributed by atoms with Crippen molar-refractivity contribution in [3.8, 4) is 11.3 Å². The molecule has 3 aromatic heterocycles. The quantitative estimate of drug-likeness (QED) is 0.171. The number of pyridine rings is 1. The molecule has 0 aliphatic heterocycles. The van der Waals surface area contributed by atoms with Gasteiger partial charge in [0.1, 0.15) is 35.5 Å². The third kappa shape index (κ3) is 6.03. The molecule has 13 heteroatoms. The molecule has 0 amide bonds. The summed E-state index contributed by atoms with van der Waals surface area (Å²) in [6.07, 6.45) is 0.571. The zero-order chi connectivity index (χ0) is 27.3. The highest BCUT2D eigenvalue weighted by molar-refractivity contribution is 6.30. The van der Waals surface area contributed by atoms with E-state index in [1.807, 2.05) is 12.1 Å². The average Bonchev–Trinajstić information content (AvgIpc) is 3.39. The minimum atomic E-state index is -4.47. The summed E-state index contributed by atoms with van der Waals surface area (Å²) >= 11 is 5.38. The van der Waals surface area contributed by atoms with Crippen LogP contribution in [0.2, 0.25) is 5.02 Å². The SMILES string of the molecule is CNc1cc(Nc2ncccc2-c2ncnc3nc[nH]c23)ccc1F.O=Cc1cc(Cl)cc(C(F)(F)F)c1. The number of nitrogens with zero attached hydrogens (tertiary/aromatic N) is 4. The molecule has 2 aromatic carbocycles. The molecule has 0 aliphatic rings. The van der Waals surface area contributed by atoms with Gasteiger partial charge < -0.3 is 15.6 Å². The van der Waals surface area contributed by atoms with Crippen LogP contribution in [-0.2, 0) is 6.18 Å². The Morgan fingerprint density at radius 3 is 2.58 bits per heavy atom. The Morgan fingerprint density at radius 2 is 1.84 bits per heavy atom. The van der Waals surface area contributed by atoms with Crippen LogP contribution in [0.4, 0.5) is 34.8 Å². The lowest BCUT2D eigenvalue weighted by atomic mass is 10.1. The fourth-order valence-corrected chi connectivity index (χ4v) is 3.68. The maximum atomic E-state index is 13.7.